The zero-order chi connectivity index (χ0) is 9.97. The molecule has 0 spiro atoms. The Bertz CT molecular complexity index is 299. The summed E-state index contributed by atoms with van der Waals surface area (Å²) in [5.41, 5.74) is 1.23. The Morgan fingerprint density at radius 3 is 2.93 bits per heavy atom. The van der Waals surface area contributed by atoms with Crippen LogP contribution in [-0.2, 0) is 6.42 Å². The third-order valence-electron chi connectivity index (χ3n) is 2.41. The van der Waals surface area contributed by atoms with Gasteiger partial charge in [0.05, 0.1) is 6.10 Å². The van der Waals surface area contributed by atoms with E-state index in [1.54, 1.807) is 0 Å². The lowest BCUT2D eigenvalue weighted by Gasteiger charge is -2.13. The monoisotopic (exact) mass is 192 g/mol. The van der Waals surface area contributed by atoms with Crippen LogP contribution in [0.4, 0.5) is 5.82 Å². The molecule has 0 radical (unpaired) electrons. The summed E-state index contributed by atoms with van der Waals surface area (Å²) in [7, 11) is 1.88. The number of aryl methyl sites for hydroxylation is 1. The summed E-state index contributed by atoms with van der Waals surface area (Å²) in [6.07, 6.45) is 5.60. The van der Waals surface area contributed by atoms with Crippen molar-refractivity contribution in [2.45, 2.75) is 32.3 Å². The van der Waals surface area contributed by atoms with Crippen LogP contribution in [0.25, 0.3) is 0 Å². The first-order valence-corrected chi connectivity index (χ1v) is 5.17. The van der Waals surface area contributed by atoms with Gasteiger partial charge in [-0.15, -0.1) is 0 Å². The molecule has 0 aromatic carbocycles. The lowest BCUT2D eigenvalue weighted by atomic mass is 10.2. The lowest BCUT2D eigenvalue weighted by Crippen LogP contribution is -2.04. The summed E-state index contributed by atoms with van der Waals surface area (Å²) in [6, 6.07) is 2.03. The summed E-state index contributed by atoms with van der Waals surface area (Å²) in [6.45, 7) is 2.13. The fourth-order valence-electron chi connectivity index (χ4n) is 1.43. The molecule has 1 aliphatic carbocycles. The predicted molar refractivity (Wildman–Crippen MR) is 56.8 cm³/mol. The Labute approximate surface area is 84.5 Å². The van der Waals surface area contributed by atoms with Gasteiger partial charge < -0.3 is 10.1 Å². The maximum atomic E-state index is 5.84. The second-order valence-electron chi connectivity index (χ2n) is 3.57. The molecule has 1 aromatic rings. The SMILES string of the molecule is CCc1ccnc(NC)c1OC1CC1. The van der Waals surface area contributed by atoms with Gasteiger partial charge in [0, 0.05) is 13.2 Å². The fraction of sp³-hybridized carbons (Fsp3) is 0.545. The number of aromatic nitrogens is 1. The highest BCUT2D eigenvalue weighted by Crippen LogP contribution is 2.33. The Balaban J connectivity index is 2.29. The van der Waals surface area contributed by atoms with Crippen molar-refractivity contribution in [1.82, 2.24) is 4.98 Å². The third kappa shape index (κ3) is 1.81. The van der Waals surface area contributed by atoms with Crippen molar-refractivity contribution in [2.75, 3.05) is 12.4 Å². The van der Waals surface area contributed by atoms with Gasteiger partial charge in [-0.2, -0.15) is 0 Å². The van der Waals surface area contributed by atoms with Gasteiger partial charge in [0.2, 0.25) is 0 Å². The van der Waals surface area contributed by atoms with Gasteiger partial charge in [-0.3, -0.25) is 0 Å². The first kappa shape index (κ1) is 9.31. The summed E-state index contributed by atoms with van der Waals surface area (Å²) < 4.78 is 5.84. The topological polar surface area (TPSA) is 34.2 Å². The molecule has 14 heavy (non-hydrogen) atoms. The Kier molecular flexibility index (Phi) is 2.57. The number of pyridine rings is 1. The number of ether oxygens (including phenoxy) is 1. The average molecular weight is 192 g/mol. The van der Waals surface area contributed by atoms with Crippen molar-refractivity contribution in [2.24, 2.45) is 0 Å². The normalized spacial score (nSPS) is 15.3. The molecule has 1 aliphatic rings. The van der Waals surface area contributed by atoms with Crippen molar-refractivity contribution >= 4 is 5.82 Å². The highest BCUT2D eigenvalue weighted by Gasteiger charge is 2.25. The summed E-state index contributed by atoms with van der Waals surface area (Å²) in [4.78, 5) is 4.25. The number of hydrogen-bond acceptors (Lipinski definition) is 3. The maximum Gasteiger partial charge on any atom is 0.168 e. The average Bonchev–Trinajstić information content (AvgIpc) is 3.02. The van der Waals surface area contributed by atoms with E-state index in [1.165, 1.54) is 18.4 Å². The van der Waals surface area contributed by atoms with E-state index >= 15 is 0 Å². The molecule has 0 saturated heterocycles. The zero-order valence-corrected chi connectivity index (χ0v) is 8.71. The molecular weight excluding hydrogens is 176 g/mol. The molecule has 1 aromatic heterocycles. The largest absolute Gasteiger partial charge is 0.486 e. The molecule has 0 atom stereocenters. The van der Waals surface area contributed by atoms with Crippen LogP contribution in [0.1, 0.15) is 25.3 Å². The lowest BCUT2D eigenvalue weighted by molar-refractivity contribution is 0.300. The Morgan fingerprint density at radius 2 is 2.36 bits per heavy atom. The molecule has 0 unspecified atom stereocenters. The highest BCUT2D eigenvalue weighted by atomic mass is 16.5. The Morgan fingerprint density at radius 1 is 1.57 bits per heavy atom. The van der Waals surface area contributed by atoms with Gasteiger partial charge in [-0.25, -0.2) is 4.98 Å². The van der Waals surface area contributed by atoms with E-state index in [1.807, 2.05) is 19.3 Å². The summed E-state index contributed by atoms with van der Waals surface area (Å²) >= 11 is 0. The number of hydrogen-bond donors (Lipinski definition) is 1. The van der Waals surface area contributed by atoms with Crippen LogP contribution in [0.5, 0.6) is 5.75 Å². The second-order valence-corrected chi connectivity index (χ2v) is 3.57. The predicted octanol–water partition coefficient (Wildman–Crippen LogP) is 2.23. The first-order chi connectivity index (χ1) is 6.85. The van der Waals surface area contributed by atoms with Crippen molar-refractivity contribution < 1.29 is 4.74 Å². The second kappa shape index (κ2) is 3.86. The van der Waals surface area contributed by atoms with Crippen LogP contribution >= 0.6 is 0 Å². The van der Waals surface area contributed by atoms with E-state index in [2.05, 4.69) is 17.2 Å². The summed E-state index contributed by atoms with van der Waals surface area (Å²) in [5, 5.41) is 3.07. The van der Waals surface area contributed by atoms with Gasteiger partial charge in [0.25, 0.3) is 0 Å². The van der Waals surface area contributed by atoms with Gasteiger partial charge in [0.1, 0.15) is 0 Å². The Hall–Kier alpha value is -1.25. The number of rotatable bonds is 4. The summed E-state index contributed by atoms with van der Waals surface area (Å²) in [5.74, 6) is 1.80. The minimum absolute atomic E-state index is 0.427. The minimum atomic E-state index is 0.427. The highest BCUT2D eigenvalue weighted by molar-refractivity contribution is 5.54. The quantitative estimate of drug-likeness (QED) is 0.794. The van der Waals surface area contributed by atoms with Crippen molar-refractivity contribution in [3.8, 4) is 5.75 Å². The molecule has 1 N–H and O–H groups in total. The van der Waals surface area contributed by atoms with Crippen LogP contribution in [0, 0.1) is 0 Å². The molecule has 0 bridgehead atoms. The third-order valence-corrected chi connectivity index (χ3v) is 2.41. The number of nitrogens with one attached hydrogen (secondary N) is 1. The fourth-order valence-corrected chi connectivity index (χ4v) is 1.43. The molecule has 0 aliphatic heterocycles. The van der Waals surface area contributed by atoms with E-state index < -0.39 is 0 Å². The van der Waals surface area contributed by atoms with E-state index in [9.17, 15) is 0 Å². The molecule has 2 rings (SSSR count). The molecule has 3 nitrogen and oxygen atoms in total. The number of anilines is 1. The maximum absolute atomic E-state index is 5.84. The van der Waals surface area contributed by atoms with E-state index in [0.717, 1.165) is 18.0 Å². The molecule has 1 fully saturated rings. The van der Waals surface area contributed by atoms with Gasteiger partial charge >= 0.3 is 0 Å². The molecular formula is C11H16N2O. The van der Waals surface area contributed by atoms with Crippen LogP contribution in [0.3, 0.4) is 0 Å². The van der Waals surface area contributed by atoms with Crippen molar-refractivity contribution in [3.63, 3.8) is 0 Å². The number of nitrogens with zero attached hydrogens (tertiary/aromatic N) is 1. The van der Waals surface area contributed by atoms with Crippen molar-refractivity contribution in [1.29, 1.82) is 0 Å². The first-order valence-electron chi connectivity index (χ1n) is 5.17. The van der Waals surface area contributed by atoms with E-state index in [0.29, 0.717) is 6.10 Å². The van der Waals surface area contributed by atoms with E-state index in [4.69, 9.17) is 4.74 Å². The van der Waals surface area contributed by atoms with E-state index in [-0.39, 0.29) is 0 Å². The molecule has 0 amide bonds. The van der Waals surface area contributed by atoms with Gasteiger partial charge in [0.15, 0.2) is 11.6 Å². The minimum Gasteiger partial charge on any atom is -0.486 e. The molecule has 76 valence electrons. The van der Waals surface area contributed by atoms with Gasteiger partial charge in [-0.1, -0.05) is 6.92 Å². The molecule has 3 heteroatoms. The zero-order valence-electron chi connectivity index (χ0n) is 8.71. The van der Waals surface area contributed by atoms with Crippen molar-refractivity contribution in [3.05, 3.63) is 17.8 Å². The molecule has 1 heterocycles. The van der Waals surface area contributed by atoms with Gasteiger partial charge in [-0.05, 0) is 30.9 Å². The molecule has 1 saturated carbocycles. The standard InChI is InChI=1S/C11H16N2O/c1-3-8-6-7-13-11(12-2)10(8)14-9-4-5-9/h6-7,9H,3-5H2,1-2H3,(H,12,13). The van der Waals surface area contributed by atoms with Crippen LogP contribution in [-0.4, -0.2) is 18.1 Å². The van der Waals surface area contributed by atoms with Crippen LogP contribution in [0.15, 0.2) is 12.3 Å². The van der Waals surface area contributed by atoms with Crippen LogP contribution < -0.4 is 10.1 Å². The smallest absolute Gasteiger partial charge is 0.168 e. The van der Waals surface area contributed by atoms with Crippen LogP contribution in [0.2, 0.25) is 0 Å².